The van der Waals surface area contributed by atoms with E-state index >= 15 is 0 Å². The highest BCUT2D eigenvalue weighted by atomic mass is 16.5. The van der Waals surface area contributed by atoms with Crippen LogP contribution in [0.2, 0.25) is 0 Å². The lowest BCUT2D eigenvalue weighted by atomic mass is 10.1. The highest BCUT2D eigenvalue weighted by Gasteiger charge is 2.02. The number of nitrogens with two attached hydrogens (primary N) is 1. The molecule has 1 aromatic rings. The van der Waals surface area contributed by atoms with E-state index in [0.717, 1.165) is 24.3 Å². The summed E-state index contributed by atoms with van der Waals surface area (Å²) in [6, 6.07) is 6.01. The van der Waals surface area contributed by atoms with Crippen LogP contribution in [0.4, 0.5) is 0 Å². The minimum absolute atomic E-state index is 0.650. The summed E-state index contributed by atoms with van der Waals surface area (Å²) in [5.74, 6) is 6.67. The first-order valence-electron chi connectivity index (χ1n) is 5.60. The third kappa shape index (κ3) is 3.93. The lowest BCUT2D eigenvalue weighted by Crippen LogP contribution is -2.03. The second kappa shape index (κ2) is 6.16. The summed E-state index contributed by atoms with van der Waals surface area (Å²) in [5, 5.41) is 3.55. The molecule has 0 heterocycles. The maximum absolute atomic E-state index is 5.71. The minimum Gasteiger partial charge on any atom is -0.493 e. The fourth-order valence-electron chi connectivity index (χ4n) is 1.39. The summed E-state index contributed by atoms with van der Waals surface area (Å²) < 4.78 is 5.71. The molecule has 0 spiro atoms. The molecule has 0 unspecified atom stereocenters. The van der Waals surface area contributed by atoms with Crippen LogP contribution in [0.1, 0.15) is 31.4 Å². The SMILES string of the molecule is Cc1ccc(OCCC(C)C)c(C=NN)c1. The third-order valence-electron chi connectivity index (χ3n) is 2.33. The van der Waals surface area contributed by atoms with Gasteiger partial charge in [0.25, 0.3) is 0 Å². The van der Waals surface area contributed by atoms with Crippen molar-refractivity contribution < 1.29 is 4.74 Å². The third-order valence-corrected chi connectivity index (χ3v) is 2.33. The highest BCUT2D eigenvalue weighted by molar-refractivity contribution is 5.83. The van der Waals surface area contributed by atoms with Crippen LogP contribution in [0.25, 0.3) is 0 Å². The summed E-state index contributed by atoms with van der Waals surface area (Å²) in [4.78, 5) is 0. The molecule has 0 saturated carbocycles. The van der Waals surface area contributed by atoms with Gasteiger partial charge in [-0.25, -0.2) is 0 Å². The van der Waals surface area contributed by atoms with E-state index in [1.54, 1.807) is 6.21 Å². The molecule has 2 N–H and O–H groups in total. The van der Waals surface area contributed by atoms with E-state index in [-0.39, 0.29) is 0 Å². The van der Waals surface area contributed by atoms with Crippen LogP contribution in [-0.4, -0.2) is 12.8 Å². The number of benzene rings is 1. The predicted octanol–water partition coefficient (Wildman–Crippen LogP) is 2.71. The molecule has 3 nitrogen and oxygen atoms in total. The average molecular weight is 220 g/mol. The van der Waals surface area contributed by atoms with Gasteiger partial charge in [0, 0.05) is 5.56 Å². The molecule has 1 rings (SSSR count). The van der Waals surface area contributed by atoms with Crippen LogP contribution in [0.3, 0.4) is 0 Å². The van der Waals surface area contributed by atoms with Gasteiger partial charge in [0.1, 0.15) is 5.75 Å². The van der Waals surface area contributed by atoms with Crippen LogP contribution < -0.4 is 10.6 Å². The van der Waals surface area contributed by atoms with Gasteiger partial charge in [0.15, 0.2) is 0 Å². The van der Waals surface area contributed by atoms with Gasteiger partial charge in [0.2, 0.25) is 0 Å². The molecule has 0 bridgehead atoms. The lowest BCUT2D eigenvalue weighted by molar-refractivity contribution is 0.289. The number of ether oxygens (including phenoxy) is 1. The van der Waals surface area contributed by atoms with Gasteiger partial charge in [-0.15, -0.1) is 0 Å². The van der Waals surface area contributed by atoms with E-state index in [2.05, 4.69) is 18.9 Å². The zero-order valence-electron chi connectivity index (χ0n) is 10.2. The number of hydrogen-bond donors (Lipinski definition) is 1. The summed E-state index contributed by atoms with van der Waals surface area (Å²) in [6.07, 6.45) is 2.67. The summed E-state index contributed by atoms with van der Waals surface area (Å²) in [5.41, 5.74) is 2.11. The predicted molar refractivity (Wildman–Crippen MR) is 67.9 cm³/mol. The Morgan fingerprint density at radius 2 is 2.19 bits per heavy atom. The molecule has 0 radical (unpaired) electrons. The second-order valence-electron chi connectivity index (χ2n) is 4.35. The number of aryl methyl sites for hydroxylation is 1. The molecule has 0 saturated heterocycles. The normalized spacial score (nSPS) is 11.2. The molecule has 88 valence electrons. The monoisotopic (exact) mass is 220 g/mol. The molecule has 0 atom stereocenters. The van der Waals surface area contributed by atoms with E-state index < -0.39 is 0 Å². The first-order chi connectivity index (χ1) is 7.63. The van der Waals surface area contributed by atoms with E-state index in [1.165, 1.54) is 5.56 Å². The van der Waals surface area contributed by atoms with Crippen LogP contribution in [0, 0.1) is 12.8 Å². The van der Waals surface area contributed by atoms with Crippen molar-refractivity contribution in [3.8, 4) is 5.75 Å². The molecule has 0 aromatic heterocycles. The molecule has 3 heteroatoms. The van der Waals surface area contributed by atoms with E-state index in [9.17, 15) is 0 Å². The Morgan fingerprint density at radius 3 is 2.81 bits per heavy atom. The van der Waals surface area contributed by atoms with Gasteiger partial charge < -0.3 is 10.6 Å². The largest absolute Gasteiger partial charge is 0.493 e. The standard InChI is InChI=1S/C13H20N2O/c1-10(2)6-7-16-13-5-4-11(3)8-12(13)9-15-14/h4-5,8-10H,6-7,14H2,1-3H3. The smallest absolute Gasteiger partial charge is 0.128 e. The number of hydrogen-bond acceptors (Lipinski definition) is 3. The second-order valence-corrected chi connectivity index (χ2v) is 4.35. The molecule has 16 heavy (non-hydrogen) atoms. The van der Waals surface area contributed by atoms with Crippen molar-refractivity contribution in [3.05, 3.63) is 29.3 Å². The molecule has 0 fully saturated rings. The average Bonchev–Trinajstić information content (AvgIpc) is 2.21. The van der Waals surface area contributed by atoms with Crippen LogP contribution in [0.15, 0.2) is 23.3 Å². The Balaban J connectivity index is 2.70. The zero-order chi connectivity index (χ0) is 12.0. The van der Waals surface area contributed by atoms with Crippen molar-refractivity contribution in [2.75, 3.05) is 6.61 Å². The van der Waals surface area contributed by atoms with Gasteiger partial charge in [-0.1, -0.05) is 25.5 Å². The topological polar surface area (TPSA) is 47.6 Å². The van der Waals surface area contributed by atoms with Crippen molar-refractivity contribution in [2.24, 2.45) is 16.9 Å². The highest BCUT2D eigenvalue weighted by Crippen LogP contribution is 2.18. The van der Waals surface area contributed by atoms with Gasteiger partial charge >= 0.3 is 0 Å². The maximum Gasteiger partial charge on any atom is 0.128 e. The first kappa shape index (κ1) is 12.6. The van der Waals surface area contributed by atoms with Crippen molar-refractivity contribution >= 4 is 6.21 Å². The summed E-state index contributed by atoms with van der Waals surface area (Å²) in [6.45, 7) is 7.12. The van der Waals surface area contributed by atoms with Gasteiger partial charge in [0.05, 0.1) is 12.8 Å². The molecule has 0 amide bonds. The summed E-state index contributed by atoms with van der Waals surface area (Å²) in [7, 11) is 0. The first-order valence-corrected chi connectivity index (χ1v) is 5.60. The van der Waals surface area contributed by atoms with Crippen LogP contribution >= 0.6 is 0 Å². The van der Waals surface area contributed by atoms with E-state index in [1.807, 2.05) is 25.1 Å². The molecule has 0 aliphatic carbocycles. The number of rotatable bonds is 5. The molecule has 0 aliphatic rings. The van der Waals surface area contributed by atoms with Crippen LogP contribution in [0.5, 0.6) is 5.75 Å². The van der Waals surface area contributed by atoms with Crippen molar-refractivity contribution in [2.45, 2.75) is 27.2 Å². The van der Waals surface area contributed by atoms with Gasteiger partial charge in [-0.3, -0.25) is 0 Å². The van der Waals surface area contributed by atoms with Crippen molar-refractivity contribution in [1.29, 1.82) is 0 Å². The quantitative estimate of drug-likeness (QED) is 0.471. The van der Waals surface area contributed by atoms with Crippen molar-refractivity contribution in [3.63, 3.8) is 0 Å². The van der Waals surface area contributed by atoms with Crippen LogP contribution in [-0.2, 0) is 0 Å². The summed E-state index contributed by atoms with van der Waals surface area (Å²) >= 11 is 0. The Bertz CT molecular complexity index is 359. The number of hydrazone groups is 1. The molecule has 1 aromatic carbocycles. The van der Waals surface area contributed by atoms with E-state index in [0.29, 0.717) is 5.92 Å². The fourth-order valence-corrected chi connectivity index (χ4v) is 1.39. The fraction of sp³-hybridized carbons (Fsp3) is 0.462. The van der Waals surface area contributed by atoms with E-state index in [4.69, 9.17) is 10.6 Å². The minimum atomic E-state index is 0.650. The van der Waals surface area contributed by atoms with Crippen molar-refractivity contribution in [1.82, 2.24) is 0 Å². The lowest BCUT2D eigenvalue weighted by Gasteiger charge is -2.10. The molecular formula is C13H20N2O. The Morgan fingerprint density at radius 1 is 1.44 bits per heavy atom. The van der Waals surface area contributed by atoms with Gasteiger partial charge in [-0.2, -0.15) is 5.10 Å². The number of nitrogens with zero attached hydrogens (tertiary/aromatic N) is 1. The maximum atomic E-state index is 5.71. The molecule has 0 aliphatic heterocycles. The Kier molecular flexibility index (Phi) is 4.83. The zero-order valence-corrected chi connectivity index (χ0v) is 10.2. The molecular weight excluding hydrogens is 200 g/mol. The Hall–Kier alpha value is -1.51. The Labute approximate surface area is 97.3 Å². The van der Waals surface area contributed by atoms with Gasteiger partial charge in [-0.05, 0) is 31.4 Å².